The van der Waals surface area contributed by atoms with Crippen LogP contribution in [0.25, 0.3) is 0 Å². The van der Waals surface area contributed by atoms with Gasteiger partial charge in [0.05, 0.1) is 4.99 Å². The zero-order valence-corrected chi connectivity index (χ0v) is 10.3. The topological polar surface area (TPSA) is 47.1 Å². The fraction of sp³-hybridized carbons (Fsp3) is 0.600. The van der Waals surface area contributed by atoms with Crippen molar-refractivity contribution in [2.45, 2.75) is 20.4 Å². The number of aromatic nitrogens is 2. The van der Waals surface area contributed by atoms with E-state index in [1.54, 1.807) is 6.20 Å². The minimum Gasteiger partial charge on any atom is -0.393 e. The number of hydrogen-bond acceptors (Lipinski definition) is 3. The number of imidazole rings is 1. The van der Waals surface area contributed by atoms with Crippen molar-refractivity contribution >= 4 is 23.2 Å². The maximum atomic E-state index is 5.59. The number of rotatable bonds is 5. The van der Waals surface area contributed by atoms with Crippen LogP contribution in [-0.4, -0.2) is 28.1 Å². The Morgan fingerprint density at radius 3 is 2.93 bits per heavy atom. The first-order chi connectivity index (χ1) is 7.06. The molecular formula is C10H18N4S. The highest BCUT2D eigenvalue weighted by Crippen LogP contribution is 2.11. The second-order valence-electron chi connectivity index (χ2n) is 3.70. The van der Waals surface area contributed by atoms with Crippen LogP contribution in [0.2, 0.25) is 0 Å². The normalized spacial score (nSPS) is 12.5. The Kier molecular flexibility index (Phi) is 4.08. The molecule has 4 nitrogen and oxygen atoms in total. The van der Waals surface area contributed by atoms with Crippen LogP contribution in [-0.2, 0) is 6.54 Å². The Morgan fingerprint density at radius 1 is 1.73 bits per heavy atom. The molecule has 5 heteroatoms. The first-order valence-electron chi connectivity index (χ1n) is 5.07. The van der Waals surface area contributed by atoms with Crippen LogP contribution in [0.3, 0.4) is 0 Å². The fourth-order valence-corrected chi connectivity index (χ4v) is 1.54. The predicted octanol–water partition coefficient (Wildman–Crippen LogP) is 1.26. The van der Waals surface area contributed by atoms with Crippen molar-refractivity contribution < 1.29 is 0 Å². The Labute approximate surface area is 96.1 Å². The summed E-state index contributed by atoms with van der Waals surface area (Å²) in [5.41, 5.74) is 5.59. The van der Waals surface area contributed by atoms with E-state index < -0.39 is 0 Å². The van der Waals surface area contributed by atoms with Gasteiger partial charge in [-0.05, 0) is 6.92 Å². The van der Waals surface area contributed by atoms with Gasteiger partial charge in [-0.2, -0.15) is 0 Å². The lowest BCUT2D eigenvalue weighted by molar-refractivity contribution is 0.682. The van der Waals surface area contributed by atoms with E-state index in [1.807, 2.05) is 20.2 Å². The van der Waals surface area contributed by atoms with Crippen molar-refractivity contribution in [2.75, 3.05) is 18.5 Å². The van der Waals surface area contributed by atoms with Crippen LogP contribution >= 0.6 is 12.2 Å². The molecule has 15 heavy (non-hydrogen) atoms. The standard InChI is InChI=1S/C10H18N4S/c1-4-14-6-5-12-10(14)13(3)7-8(2)9(11)15/h5-6,8H,4,7H2,1-3H3,(H2,11,15). The molecule has 2 N–H and O–H groups in total. The van der Waals surface area contributed by atoms with E-state index >= 15 is 0 Å². The third-order valence-electron chi connectivity index (χ3n) is 2.41. The second kappa shape index (κ2) is 5.11. The summed E-state index contributed by atoms with van der Waals surface area (Å²) in [5, 5.41) is 0. The maximum absolute atomic E-state index is 5.59. The lowest BCUT2D eigenvalue weighted by atomic mass is 10.2. The highest BCUT2D eigenvalue weighted by Gasteiger charge is 2.12. The van der Waals surface area contributed by atoms with E-state index in [9.17, 15) is 0 Å². The Balaban J connectivity index is 2.68. The summed E-state index contributed by atoms with van der Waals surface area (Å²) in [6.45, 7) is 5.83. The molecule has 1 heterocycles. The molecule has 0 aliphatic rings. The zero-order chi connectivity index (χ0) is 11.4. The van der Waals surface area contributed by atoms with Gasteiger partial charge in [0.25, 0.3) is 0 Å². The van der Waals surface area contributed by atoms with Crippen molar-refractivity contribution in [1.82, 2.24) is 9.55 Å². The van der Waals surface area contributed by atoms with Crippen molar-refractivity contribution in [3.63, 3.8) is 0 Å². The fourth-order valence-electron chi connectivity index (χ4n) is 1.47. The molecular weight excluding hydrogens is 208 g/mol. The quantitative estimate of drug-likeness (QED) is 0.768. The first-order valence-corrected chi connectivity index (χ1v) is 5.48. The van der Waals surface area contributed by atoms with Crippen LogP contribution < -0.4 is 10.6 Å². The number of anilines is 1. The zero-order valence-electron chi connectivity index (χ0n) is 9.47. The van der Waals surface area contributed by atoms with Gasteiger partial charge in [-0.15, -0.1) is 0 Å². The monoisotopic (exact) mass is 226 g/mol. The summed E-state index contributed by atoms with van der Waals surface area (Å²) in [6, 6.07) is 0. The lowest BCUT2D eigenvalue weighted by Crippen LogP contribution is -2.32. The maximum Gasteiger partial charge on any atom is 0.205 e. The van der Waals surface area contributed by atoms with Crippen molar-refractivity contribution in [3.05, 3.63) is 12.4 Å². The highest BCUT2D eigenvalue weighted by atomic mass is 32.1. The summed E-state index contributed by atoms with van der Waals surface area (Å²) >= 11 is 4.95. The molecule has 1 aromatic heterocycles. The van der Waals surface area contributed by atoms with Crippen LogP contribution in [0.15, 0.2) is 12.4 Å². The Hall–Kier alpha value is -1.10. The number of thiocarbonyl (C=S) groups is 1. The van der Waals surface area contributed by atoms with E-state index in [2.05, 4.69) is 21.4 Å². The molecule has 0 radical (unpaired) electrons. The van der Waals surface area contributed by atoms with Gasteiger partial charge in [0.1, 0.15) is 0 Å². The van der Waals surface area contributed by atoms with Crippen LogP contribution in [0, 0.1) is 5.92 Å². The lowest BCUT2D eigenvalue weighted by Gasteiger charge is -2.22. The summed E-state index contributed by atoms with van der Waals surface area (Å²) in [7, 11) is 2.00. The SMILES string of the molecule is CCn1ccnc1N(C)CC(C)C(N)=S. The van der Waals surface area contributed by atoms with Gasteiger partial charge in [-0.3, -0.25) is 0 Å². The number of aryl methyl sites for hydroxylation is 1. The number of hydrogen-bond donors (Lipinski definition) is 1. The Morgan fingerprint density at radius 2 is 2.40 bits per heavy atom. The molecule has 0 aliphatic carbocycles. The molecule has 0 aliphatic heterocycles. The molecule has 0 fully saturated rings. The minimum atomic E-state index is 0.201. The van der Waals surface area contributed by atoms with E-state index in [1.165, 1.54) is 0 Å². The Bertz CT molecular complexity index is 334. The van der Waals surface area contributed by atoms with Crippen molar-refractivity contribution in [1.29, 1.82) is 0 Å². The van der Waals surface area contributed by atoms with Gasteiger partial charge in [0.15, 0.2) is 0 Å². The van der Waals surface area contributed by atoms with Gasteiger partial charge in [0.2, 0.25) is 5.95 Å². The van der Waals surface area contributed by atoms with Gasteiger partial charge in [0, 0.05) is 38.4 Å². The molecule has 1 aromatic rings. The van der Waals surface area contributed by atoms with E-state index in [0.29, 0.717) is 4.99 Å². The molecule has 1 unspecified atom stereocenters. The molecule has 0 aromatic carbocycles. The summed E-state index contributed by atoms with van der Waals surface area (Å²) < 4.78 is 2.09. The second-order valence-corrected chi connectivity index (χ2v) is 4.17. The number of nitrogens with two attached hydrogens (primary N) is 1. The third-order valence-corrected chi connectivity index (χ3v) is 2.81. The molecule has 1 atom stereocenters. The molecule has 84 valence electrons. The molecule has 1 rings (SSSR count). The number of nitrogens with zero attached hydrogens (tertiary/aromatic N) is 3. The summed E-state index contributed by atoms with van der Waals surface area (Å²) in [4.78, 5) is 6.93. The van der Waals surface area contributed by atoms with Gasteiger partial charge < -0.3 is 15.2 Å². The highest BCUT2D eigenvalue weighted by molar-refractivity contribution is 7.80. The van der Waals surface area contributed by atoms with Gasteiger partial charge >= 0.3 is 0 Å². The van der Waals surface area contributed by atoms with Gasteiger partial charge in [-0.25, -0.2) is 4.98 Å². The smallest absolute Gasteiger partial charge is 0.205 e. The summed E-state index contributed by atoms with van der Waals surface area (Å²) in [5.74, 6) is 1.16. The van der Waals surface area contributed by atoms with Crippen molar-refractivity contribution in [2.24, 2.45) is 11.7 Å². The van der Waals surface area contributed by atoms with Crippen LogP contribution in [0.5, 0.6) is 0 Å². The van der Waals surface area contributed by atoms with Crippen LogP contribution in [0.1, 0.15) is 13.8 Å². The van der Waals surface area contributed by atoms with Gasteiger partial charge in [-0.1, -0.05) is 19.1 Å². The van der Waals surface area contributed by atoms with E-state index in [0.717, 1.165) is 19.0 Å². The largest absolute Gasteiger partial charge is 0.393 e. The average Bonchev–Trinajstić information content (AvgIpc) is 2.64. The molecule has 0 saturated heterocycles. The first kappa shape index (κ1) is 12.0. The predicted molar refractivity (Wildman–Crippen MR) is 67.1 cm³/mol. The van der Waals surface area contributed by atoms with Crippen molar-refractivity contribution in [3.8, 4) is 0 Å². The average molecular weight is 226 g/mol. The molecule has 0 amide bonds. The van der Waals surface area contributed by atoms with Crippen LogP contribution in [0.4, 0.5) is 5.95 Å². The third kappa shape index (κ3) is 2.92. The molecule has 0 bridgehead atoms. The van der Waals surface area contributed by atoms with E-state index in [4.69, 9.17) is 18.0 Å². The minimum absolute atomic E-state index is 0.201. The molecule has 0 saturated carbocycles. The van der Waals surface area contributed by atoms with E-state index in [-0.39, 0.29) is 5.92 Å². The molecule has 0 spiro atoms. The summed E-state index contributed by atoms with van der Waals surface area (Å²) in [6.07, 6.45) is 3.78.